The molecule has 12 rings (SSSR count). The predicted molar refractivity (Wildman–Crippen MR) is 223 cm³/mol. The van der Waals surface area contributed by atoms with E-state index in [1.807, 2.05) is 0 Å². The fourth-order valence-corrected chi connectivity index (χ4v) is 10.9. The molecule has 12 bridgehead atoms. The number of alkyl halides is 6. The summed E-state index contributed by atoms with van der Waals surface area (Å²) in [5, 5.41) is 10.7. The van der Waals surface area contributed by atoms with E-state index >= 15 is 39.5 Å². The SMILES string of the molecule is COc1c(F)c(F)c(OC)c2c1C1=Nc3c4c(OC)c(F)c(F)c(OC)c4c4n3Cn3c5c6sc(C=C(C(=O)O)C(F)(F)F)c(C(F)(F)F)c6c3=NC3=[N+](N[N+]1=C2N=5)C(N4)c1c(OC)c(F)c(F)c(OC)c13. The van der Waals surface area contributed by atoms with Crippen molar-refractivity contribution in [2.24, 2.45) is 15.0 Å². The third-order valence-electron chi connectivity index (χ3n) is 12.4. The van der Waals surface area contributed by atoms with Gasteiger partial charge in [0.25, 0.3) is 23.3 Å². The summed E-state index contributed by atoms with van der Waals surface area (Å²) in [4.78, 5) is 24.9. The van der Waals surface area contributed by atoms with Gasteiger partial charge in [0.2, 0.25) is 34.9 Å². The summed E-state index contributed by atoms with van der Waals surface area (Å²) in [7, 11) is 5.52. The minimum atomic E-state index is -5.73. The molecular weight excluding hydrogens is 1020 g/mol. The molecule has 0 saturated carbocycles. The molecule has 0 fully saturated rings. The smallest absolute Gasteiger partial charge is 0.425 e. The van der Waals surface area contributed by atoms with E-state index in [1.165, 1.54) is 0 Å². The van der Waals surface area contributed by atoms with Gasteiger partial charge >= 0.3 is 24.2 Å². The Labute approximate surface area is 394 Å². The summed E-state index contributed by atoms with van der Waals surface area (Å²) in [6, 6.07) is 0. The van der Waals surface area contributed by atoms with Crippen molar-refractivity contribution in [1.29, 1.82) is 0 Å². The van der Waals surface area contributed by atoms with Crippen LogP contribution in [0.2, 0.25) is 0 Å². The van der Waals surface area contributed by atoms with Crippen LogP contribution in [0.1, 0.15) is 38.9 Å². The van der Waals surface area contributed by atoms with Crippen LogP contribution in [0, 0.1) is 34.9 Å². The van der Waals surface area contributed by atoms with Gasteiger partial charge in [-0.05, 0) is 11.6 Å². The number of amidine groups is 3. The molecule has 0 spiro atoms. The Morgan fingerprint density at radius 3 is 1.76 bits per heavy atom. The molecule has 3 N–H and O–H groups in total. The van der Waals surface area contributed by atoms with Crippen LogP contribution in [-0.2, 0) is 17.6 Å². The molecule has 72 heavy (non-hydrogen) atoms. The van der Waals surface area contributed by atoms with Crippen molar-refractivity contribution in [3.8, 4) is 34.5 Å². The van der Waals surface area contributed by atoms with Gasteiger partial charge in [-0.1, -0.05) is 9.37 Å². The van der Waals surface area contributed by atoms with Crippen molar-refractivity contribution in [2.45, 2.75) is 25.2 Å². The number of hydrazone groups is 2. The lowest BCUT2D eigenvalue weighted by molar-refractivity contribution is -0.786. The Hall–Kier alpha value is -8.18. The summed E-state index contributed by atoms with van der Waals surface area (Å²) < 4.78 is 225. The first-order chi connectivity index (χ1) is 34.1. The quantitative estimate of drug-likeness (QED) is 0.0866. The van der Waals surface area contributed by atoms with Crippen LogP contribution >= 0.6 is 11.3 Å². The second kappa shape index (κ2) is 15.2. The van der Waals surface area contributed by atoms with E-state index in [-0.39, 0.29) is 17.4 Å². The van der Waals surface area contributed by atoms with Gasteiger partial charge in [-0.3, -0.25) is 9.13 Å². The van der Waals surface area contributed by atoms with Gasteiger partial charge in [-0.2, -0.15) is 62.7 Å². The van der Waals surface area contributed by atoms with E-state index in [1.54, 1.807) is 0 Å². The van der Waals surface area contributed by atoms with E-state index in [2.05, 4.69) is 15.8 Å². The normalized spacial score (nSPS) is 16.3. The minimum absolute atomic E-state index is 0.0477. The van der Waals surface area contributed by atoms with Crippen molar-refractivity contribution in [3.05, 3.63) is 84.1 Å². The molecule has 17 nitrogen and oxygen atoms in total. The van der Waals surface area contributed by atoms with Crippen LogP contribution in [0.4, 0.5) is 64.3 Å². The molecule has 9 heterocycles. The van der Waals surface area contributed by atoms with Gasteiger partial charge in [0, 0.05) is 9.87 Å². The summed E-state index contributed by atoms with van der Waals surface area (Å²) in [6.45, 7) is -0.926. The lowest BCUT2D eigenvalue weighted by Crippen LogP contribution is -2.48. The number of nitrogens with one attached hydrogen (secondary N) is 2. The van der Waals surface area contributed by atoms with Crippen molar-refractivity contribution in [2.75, 3.05) is 48.0 Å². The van der Waals surface area contributed by atoms with Crippen LogP contribution < -0.4 is 50.2 Å². The number of hydrogen-bond donors (Lipinski definition) is 3. The molecule has 3 aromatic carbocycles. The van der Waals surface area contributed by atoms with Gasteiger partial charge in [-0.25, -0.2) is 4.79 Å². The van der Waals surface area contributed by atoms with Gasteiger partial charge in [0.05, 0.1) is 74.6 Å². The maximum atomic E-state index is 16.4. The first kappa shape index (κ1) is 46.2. The molecule has 0 saturated heterocycles. The number of carboxylic acid groups (broad SMARTS) is 1. The highest BCUT2D eigenvalue weighted by Gasteiger charge is 2.55. The van der Waals surface area contributed by atoms with Crippen molar-refractivity contribution in [3.63, 3.8) is 0 Å². The number of thiophene rings is 1. The summed E-state index contributed by atoms with van der Waals surface area (Å²) in [6.07, 6.45) is -13.5. The molecule has 3 aromatic heterocycles. The lowest BCUT2D eigenvalue weighted by Gasteiger charge is -2.22. The van der Waals surface area contributed by atoms with Gasteiger partial charge in [0.1, 0.15) is 34.8 Å². The van der Waals surface area contributed by atoms with E-state index in [4.69, 9.17) is 38.4 Å². The Kier molecular flexibility index (Phi) is 9.73. The summed E-state index contributed by atoms with van der Waals surface area (Å²) >= 11 is -0.0477. The Bertz CT molecular complexity index is 3850. The first-order valence-electron chi connectivity index (χ1n) is 20.2. The molecular formula is C42H25F12N9O8S+2. The maximum Gasteiger partial charge on any atom is 0.425 e. The van der Waals surface area contributed by atoms with Crippen molar-refractivity contribution >= 4 is 73.4 Å². The zero-order valence-corrected chi connectivity index (χ0v) is 37.6. The number of aliphatic carboxylic acids is 1. The van der Waals surface area contributed by atoms with Crippen molar-refractivity contribution < 1.29 is 100 Å². The van der Waals surface area contributed by atoms with E-state index in [0.29, 0.717) is 0 Å². The number of aliphatic imine (C=N–C) groups is 1. The number of benzene rings is 3. The van der Waals surface area contributed by atoms with Crippen LogP contribution in [-0.4, -0.2) is 95.9 Å². The molecule has 6 aliphatic rings. The van der Waals surface area contributed by atoms with Crippen LogP contribution in [0.5, 0.6) is 34.5 Å². The standard InChI is InChI=1S/C42H23F12N9O8S/c1-66-25-11-12(26(67-2)20(44)19(25)43)33-56-36-15-16(30(71-6)24(48)23(47)29(15)70-5)38-58-39-31-17(18(42(52,53)54)10(72-31)7-9(40(64)65)41(49,50)51)34-57-37-14-13(27(68-3)21(45)22(46)28(14)69-4)35(62(37)59-63(36)38)55-32(11)60(33)8-61(34)39/h7,35H,8H2,1-6H3,(H-,55,58,59,64,65)/p+2. The third-order valence-corrected chi connectivity index (χ3v) is 13.5. The monoisotopic (exact) mass is 1040 g/mol. The highest BCUT2D eigenvalue weighted by Crippen LogP contribution is 2.54. The number of ether oxygens (including phenoxy) is 6. The van der Waals surface area contributed by atoms with Crippen molar-refractivity contribution in [1.82, 2.24) is 14.7 Å². The average Bonchev–Trinajstić information content (AvgIpc) is 4.06. The number of hydrogen-bond acceptors (Lipinski definition) is 13. The molecule has 30 heteroatoms. The van der Waals surface area contributed by atoms with Gasteiger partial charge < -0.3 is 38.8 Å². The second-order valence-electron chi connectivity index (χ2n) is 15.8. The zero-order chi connectivity index (χ0) is 51.7. The molecule has 1 unspecified atom stereocenters. The van der Waals surface area contributed by atoms with Crippen LogP contribution in [0.15, 0.2) is 20.6 Å². The number of halogens is 12. The first-order valence-corrected chi connectivity index (χ1v) is 21.0. The number of carbonyl (C=O) groups is 1. The van der Waals surface area contributed by atoms with E-state index in [9.17, 15) is 23.1 Å². The maximum absolute atomic E-state index is 16.4. The number of nitrogens with zero attached hydrogens (tertiary/aromatic N) is 7. The molecule has 6 aromatic rings. The molecule has 374 valence electrons. The topological polar surface area (TPSA) is 170 Å². The molecule has 6 aliphatic heterocycles. The number of rotatable bonds is 8. The minimum Gasteiger partial charge on any atom is -0.493 e. The zero-order valence-electron chi connectivity index (χ0n) is 36.7. The Balaban J connectivity index is 1.51. The molecule has 0 amide bonds. The van der Waals surface area contributed by atoms with Crippen LogP contribution in [0.3, 0.4) is 0 Å². The predicted octanol–water partition coefficient (Wildman–Crippen LogP) is 6.53. The fraction of sp³-hybridized carbons (Fsp3) is 0.238. The number of carboxylic acids is 1. The lowest BCUT2D eigenvalue weighted by atomic mass is 10.0. The van der Waals surface area contributed by atoms with E-state index in [0.717, 1.165) is 61.2 Å². The largest absolute Gasteiger partial charge is 0.493 e. The molecule has 1 atom stereocenters. The third kappa shape index (κ3) is 5.73. The van der Waals surface area contributed by atoms with Gasteiger partial charge in [0.15, 0.2) is 45.8 Å². The number of methoxy groups -OCH3 is 6. The van der Waals surface area contributed by atoms with E-state index < -0.39 is 200 Å². The molecule has 0 aliphatic carbocycles. The average molecular weight is 1040 g/mol. The second-order valence-corrected chi connectivity index (χ2v) is 16.8. The number of anilines is 1. The Morgan fingerprint density at radius 2 is 1.21 bits per heavy atom. The molecule has 0 radical (unpaired) electrons. The highest BCUT2D eigenvalue weighted by molar-refractivity contribution is 7.20. The Morgan fingerprint density at radius 1 is 0.681 bits per heavy atom. The van der Waals surface area contributed by atoms with Crippen LogP contribution in [0.25, 0.3) is 26.9 Å². The summed E-state index contributed by atoms with van der Waals surface area (Å²) in [5.74, 6) is -21.2. The van der Waals surface area contributed by atoms with Gasteiger partial charge in [-0.15, -0.1) is 11.3 Å². The number of aromatic nitrogens is 2. The summed E-state index contributed by atoms with van der Waals surface area (Å²) in [5.41, 5.74) is -5.19. The number of fused-ring (bicyclic) bond motifs is 4. The fourth-order valence-electron chi connectivity index (χ4n) is 9.59. The highest BCUT2D eigenvalue weighted by atomic mass is 32.1. The number of hydrazine groups is 2.